The molecule has 1 spiro atoms. The first-order valence-electron chi connectivity index (χ1n) is 10.2. The Bertz CT molecular complexity index is 1210. The third kappa shape index (κ3) is 3.42. The summed E-state index contributed by atoms with van der Waals surface area (Å²) in [6, 6.07) is 11.2. The largest absolute Gasteiger partial charge is 0.495 e. The number of amides is 1. The maximum absolute atomic E-state index is 13.4. The monoisotopic (exact) mass is 448 g/mol. The summed E-state index contributed by atoms with van der Waals surface area (Å²) >= 11 is 3.14. The minimum atomic E-state index is -0.164. The Hall–Kier alpha value is -2.45. The maximum Gasteiger partial charge on any atom is 0.257 e. The summed E-state index contributed by atoms with van der Waals surface area (Å²) in [6.45, 7) is 1.20. The number of ether oxygens (including phenoxy) is 1. The van der Waals surface area contributed by atoms with Crippen LogP contribution in [-0.4, -0.2) is 49.4 Å². The summed E-state index contributed by atoms with van der Waals surface area (Å²) < 4.78 is 6.16. The van der Waals surface area contributed by atoms with Gasteiger partial charge in [0.1, 0.15) is 13.6 Å². The predicted octanol–water partition coefficient (Wildman–Crippen LogP) is 3.64. The highest BCUT2D eigenvalue weighted by molar-refractivity contribution is 8.01. The van der Waals surface area contributed by atoms with Crippen molar-refractivity contribution in [2.45, 2.75) is 28.9 Å². The van der Waals surface area contributed by atoms with E-state index in [9.17, 15) is 9.59 Å². The van der Waals surface area contributed by atoms with Crippen molar-refractivity contribution in [1.82, 2.24) is 4.90 Å². The van der Waals surface area contributed by atoms with Crippen molar-refractivity contribution < 1.29 is 14.3 Å². The van der Waals surface area contributed by atoms with Gasteiger partial charge in [-0.25, -0.2) is 0 Å². The lowest BCUT2D eigenvalue weighted by Crippen LogP contribution is -2.47. The Morgan fingerprint density at radius 1 is 1.23 bits per heavy atom. The van der Waals surface area contributed by atoms with Crippen LogP contribution in [0.2, 0.25) is 0 Å². The number of rotatable bonds is 2. The number of nitrogens with two attached hydrogens (primary N) is 1. The number of nitrogen functional groups attached to an aromatic ring is 1. The fraction of sp³-hybridized carbons (Fsp3) is 0.304. The molecule has 0 saturated carbocycles. The molecular weight excluding hydrogens is 427 g/mol. The molecule has 156 valence electrons. The summed E-state index contributed by atoms with van der Waals surface area (Å²) in [7, 11) is 7.48. The normalized spacial score (nSPS) is 17.7. The van der Waals surface area contributed by atoms with Gasteiger partial charge in [0.2, 0.25) is 0 Å². The Morgan fingerprint density at radius 2 is 2.00 bits per heavy atom. The number of hydrogen-bond acceptors (Lipinski definition) is 6. The SMILES string of the molecule is [B]c1ccc2c(c1)C(=O)CC1(CCN(C(=O)c3c(N)sc4c(OC)cccc34)CC1)S2. The molecule has 2 aliphatic heterocycles. The molecule has 0 unspecified atom stereocenters. The second kappa shape index (κ2) is 7.60. The van der Waals surface area contributed by atoms with Gasteiger partial charge in [-0.05, 0) is 25.0 Å². The van der Waals surface area contributed by atoms with E-state index in [1.165, 1.54) is 11.3 Å². The lowest BCUT2D eigenvalue weighted by atomic mass is 9.86. The van der Waals surface area contributed by atoms with E-state index in [4.69, 9.17) is 18.3 Å². The lowest BCUT2D eigenvalue weighted by Gasteiger charge is -2.43. The first-order chi connectivity index (χ1) is 14.9. The van der Waals surface area contributed by atoms with Crippen molar-refractivity contribution >= 4 is 63.2 Å². The lowest BCUT2D eigenvalue weighted by molar-refractivity contribution is 0.0699. The molecule has 2 aliphatic rings. The number of likely N-dealkylation sites (tertiary alicyclic amines) is 1. The van der Waals surface area contributed by atoms with Gasteiger partial charge >= 0.3 is 0 Å². The van der Waals surface area contributed by atoms with Crippen LogP contribution in [-0.2, 0) is 0 Å². The fourth-order valence-corrected chi connectivity index (χ4v) is 7.09. The molecule has 1 aromatic heterocycles. The molecule has 1 fully saturated rings. The van der Waals surface area contributed by atoms with Gasteiger partial charge in [-0.15, -0.1) is 23.1 Å². The quantitative estimate of drug-likeness (QED) is 0.607. The van der Waals surface area contributed by atoms with Crippen LogP contribution in [0.3, 0.4) is 0 Å². The molecule has 0 aliphatic carbocycles. The van der Waals surface area contributed by atoms with Crippen LogP contribution in [0.4, 0.5) is 5.00 Å². The second-order valence-electron chi connectivity index (χ2n) is 8.11. The smallest absolute Gasteiger partial charge is 0.257 e. The molecule has 2 aromatic carbocycles. The van der Waals surface area contributed by atoms with Crippen molar-refractivity contribution in [3.05, 3.63) is 47.5 Å². The molecule has 31 heavy (non-hydrogen) atoms. The maximum atomic E-state index is 13.4. The third-order valence-corrected chi connectivity index (χ3v) is 8.83. The van der Waals surface area contributed by atoms with Crippen LogP contribution in [0.5, 0.6) is 5.75 Å². The Kier molecular flexibility index (Phi) is 5.02. The number of benzene rings is 2. The summed E-state index contributed by atoms with van der Waals surface area (Å²) in [5.41, 5.74) is 8.15. The van der Waals surface area contributed by atoms with Gasteiger partial charge in [0.25, 0.3) is 5.91 Å². The zero-order valence-electron chi connectivity index (χ0n) is 17.1. The van der Waals surface area contributed by atoms with Gasteiger partial charge in [-0.1, -0.05) is 29.7 Å². The molecule has 5 rings (SSSR count). The van der Waals surface area contributed by atoms with Crippen LogP contribution in [0, 0.1) is 0 Å². The molecule has 5 nitrogen and oxygen atoms in total. The Balaban J connectivity index is 1.37. The number of ketones is 1. The van der Waals surface area contributed by atoms with Crippen LogP contribution < -0.4 is 15.9 Å². The Morgan fingerprint density at radius 3 is 2.74 bits per heavy atom. The van der Waals surface area contributed by atoms with E-state index in [1.54, 1.807) is 24.9 Å². The predicted molar refractivity (Wildman–Crippen MR) is 127 cm³/mol. The zero-order chi connectivity index (χ0) is 21.8. The number of thiophene rings is 1. The molecule has 3 heterocycles. The highest BCUT2D eigenvalue weighted by Gasteiger charge is 2.43. The van der Waals surface area contributed by atoms with Crippen molar-refractivity contribution in [1.29, 1.82) is 0 Å². The average Bonchev–Trinajstić information content (AvgIpc) is 3.10. The van der Waals surface area contributed by atoms with Gasteiger partial charge < -0.3 is 15.4 Å². The van der Waals surface area contributed by atoms with Crippen molar-refractivity contribution in [2.24, 2.45) is 0 Å². The number of carbonyl (C=O) groups is 2. The summed E-state index contributed by atoms with van der Waals surface area (Å²) in [4.78, 5) is 29.0. The summed E-state index contributed by atoms with van der Waals surface area (Å²) in [6.07, 6.45) is 2.02. The molecule has 1 amide bonds. The number of fused-ring (bicyclic) bond motifs is 2. The number of Topliss-reactive ketones (excluding diaryl/α,β-unsaturated/α-hetero) is 1. The Labute approximate surface area is 190 Å². The van der Waals surface area contributed by atoms with Crippen molar-refractivity contribution in [3.8, 4) is 5.75 Å². The van der Waals surface area contributed by atoms with Crippen LogP contribution in [0.15, 0.2) is 41.3 Å². The summed E-state index contributed by atoms with van der Waals surface area (Å²) in [5.74, 6) is 0.815. The van der Waals surface area contributed by atoms with E-state index in [0.717, 1.165) is 39.1 Å². The van der Waals surface area contributed by atoms with Crippen LogP contribution in [0.25, 0.3) is 10.1 Å². The first kappa shape index (κ1) is 20.5. The minimum Gasteiger partial charge on any atom is -0.495 e. The van der Waals surface area contributed by atoms with E-state index in [-0.39, 0.29) is 16.4 Å². The average molecular weight is 448 g/mol. The molecule has 3 aromatic rings. The standard InChI is InChI=1S/C23H21BN2O3S2/c1-29-17-4-2-3-14-19(21(25)30-20(14)17)22(28)26-9-7-23(8-10-26)12-16(27)15-11-13(24)5-6-18(15)31-23/h2-6,11H,7-10,12,25H2,1H3. The number of thioether (sulfide) groups is 1. The molecule has 2 radical (unpaired) electrons. The van der Waals surface area contributed by atoms with Gasteiger partial charge in [0.05, 0.1) is 22.4 Å². The molecule has 1 saturated heterocycles. The van der Waals surface area contributed by atoms with Crippen molar-refractivity contribution in [3.63, 3.8) is 0 Å². The summed E-state index contributed by atoms with van der Waals surface area (Å²) in [5, 5.41) is 1.35. The molecule has 0 bridgehead atoms. The molecule has 8 heteroatoms. The molecular formula is C23H21BN2O3S2. The molecule has 0 atom stereocenters. The highest BCUT2D eigenvalue weighted by Crippen LogP contribution is 2.49. The van der Waals surface area contributed by atoms with Gasteiger partial charge in [0.15, 0.2) is 5.78 Å². The number of piperidine rings is 1. The number of anilines is 1. The van der Waals surface area contributed by atoms with E-state index in [1.807, 2.05) is 35.2 Å². The van der Waals surface area contributed by atoms with Crippen molar-refractivity contribution in [2.75, 3.05) is 25.9 Å². The number of hydrogen-bond donors (Lipinski definition) is 1. The van der Waals surface area contributed by atoms with E-state index < -0.39 is 0 Å². The number of carbonyl (C=O) groups excluding carboxylic acids is 2. The van der Waals surface area contributed by atoms with Gasteiger partial charge in [0, 0.05) is 40.1 Å². The third-order valence-electron chi connectivity index (χ3n) is 6.22. The number of methoxy groups -OCH3 is 1. The van der Waals surface area contributed by atoms with Gasteiger partial charge in [-0.3, -0.25) is 9.59 Å². The number of nitrogens with zero attached hydrogens (tertiary/aromatic N) is 1. The fourth-order valence-electron chi connectivity index (χ4n) is 4.56. The zero-order valence-corrected chi connectivity index (χ0v) is 18.8. The second-order valence-corrected chi connectivity index (χ2v) is 10.7. The van der Waals surface area contributed by atoms with E-state index in [0.29, 0.717) is 35.5 Å². The van der Waals surface area contributed by atoms with E-state index >= 15 is 0 Å². The van der Waals surface area contributed by atoms with Crippen LogP contribution in [0.1, 0.15) is 40.0 Å². The topological polar surface area (TPSA) is 72.6 Å². The van der Waals surface area contributed by atoms with Crippen LogP contribution >= 0.6 is 23.1 Å². The minimum absolute atomic E-state index is 0.0489. The van der Waals surface area contributed by atoms with E-state index in [2.05, 4.69) is 0 Å². The molecule has 2 N–H and O–H groups in total. The first-order valence-corrected chi connectivity index (χ1v) is 11.8. The van der Waals surface area contributed by atoms with Gasteiger partial charge in [-0.2, -0.15) is 0 Å². The highest BCUT2D eigenvalue weighted by atomic mass is 32.2.